The monoisotopic (exact) mass is 1210 g/mol. The second-order valence-corrected chi connectivity index (χ2v) is 38.0. The molecule has 4 atom stereocenters. The minimum atomic E-state index is -1.24. The summed E-state index contributed by atoms with van der Waals surface area (Å²) in [6.07, 6.45) is 6.65. The summed E-state index contributed by atoms with van der Waals surface area (Å²) in [5, 5.41) is 0.915. The Morgan fingerprint density at radius 3 is 1.72 bits per heavy atom. The van der Waals surface area contributed by atoms with Crippen LogP contribution in [0.2, 0.25) is 51.4 Å². The van der Waals surface area contributed by atoms with Crippen molar-refractivity contribution in [3.63, 3.8) is 0 Å². The maximum atomic E-state index is 12.8. The Kier molecular flexibility index (Phi) is 25.1. The summed E-state index contributed by atoms with van der Waals surface area (Å²) in [6.45, 7) is 38.5. The quantitative estimate of drug-likeness (QED) is 0.0378. The minimum absolute atomic E-state index is 0.00432. The van der Waals surface area contributed by atoms with Crippen molar-refractivity contribution in [3.05, 3.63) is 105 Å². The topological polar surface area (TPSA) is 116 Å². The number of ether oxygens (including phenoxy) is 7. The Balaban J connectivity index is 0.000000293. The molecule has 0 amide bonds. The molecule has 14 heteroatoms. The zero-order valence-corrected chi connectivity index (χ0v) is 53.0. The molecule has 0 N–H and O–H groups in total. The molecule has 3 aromatic rings. The zero-order chi connectivity index (χ0) is 54.2. The van der Waals surface area contributed by atoms with E-state index in [9.17, 15) is 14.4 Å². The first kappa shape index (κ1) is 63.6. The number of hydrogen-bond acceptors (Lipinski definition) is 10. The molecule has 0 aromatic heterocycles. The van der Waals surface area contributed by atoms with Gasteiger partial charge in [-0.2, -0.15) is 0 Å². The van der Waals surface area contributed by atoms with Gasteiger partial charge in [-0.3, -0.25) is 4.79 Å². The molecule has 0 spiro atoms. The van der Waals surface area contributed by atoms with E-state index in [2.05, 4.69) is 118 Å². The molecule has 10 nitrogen and oxygen atoms in total. The van der Waals surface area contributed by atoms with Gasteiger partial charge in [0.05, 0.1) is 35.9 Å². The van der Waals surface area contributed by atoms with Crippen molar-refractivity contribution in [1.82, 2.24) is 0 Å². The number of benzene rings is 3. The number of carbonyl (C=O) groups is 3. The fourth-order valence-electron chi connectivity index (χ4n) is 8.15. The fourth-order valence-corrected chi connectivity index (χ4v) is 12.1. The van der Waals surface area contributed by atoms with E-state index < -0.39 is 33.1 Å². The molecule has 2 fully saturated rings. The van der Waals surface area contributed by atoms with Crippen LogP contribution in [0.1, 0.15) is 129 Å². The van der Waals surface area contributed by atoms with Gasteiger partial charge in [-0.1, -0.05) is 79.0 Å². The molecule has 2 unspecified atom stereocenters. The Morgan fingerprint density at radius 1 is 0.694 bits per heavy atom. The van der Waals surface area contributed by atoms with Crippen molar-refractivity contribution in [3.8, 4) is 0 Å². The molecule has 0 bridgehead atoms. The van der Waals surface area contributed by atoms with Crippen LogP contribution in [0.3, 0.4) is 0 Å². The van der Waals surface area contributed by atoms with Crippen LogP contribution < -0.4 is 4.46 Å². The summed E-state index contributed by atoms with van der Waals surface area (Å²) in [6, 6.07) is 20.8. The molecule has 0 radical (unpaired) electrons. The summed E-state index contributed by atoms with van der Waals surface area (Å²) >= 11 is 2.62. The summed E-state index contributed by atoms with van der Waals surface area (Å²) in [5.74, 6) is -1.72. The van der Waals surface area contributed by atoms with Crippen LogP contribution in [0.5, 0.6) is 0 Å². The van der Waals surface area contributed by atoms with Gasteiger partial charge in [-0.25, -0.2) is 4.79 Å². The van der Waals surface area contributed by atoms with Gasteiger partial charge in [0.25, 0.3) is 0 Å². The van der Waals surface area contributed by atoms with Crippen LogP contribution in [0.25, 0.3) is 6.08 Å². The van der Waals surface area contributed by atoms with E-state index in [-0.39, 0.29) is 48.9 Å². The second kappa shape index (κ2) is 28.5. The van der Waals surface area contributed by atoms with Gasteiger partial charge < -0.3 is 28.4 Å². The first-order chi connectivity index (χ1) is 33.3. The average molecular weight is 1210 g/mol. The first-order valence-corrected chi connectivity index (χ1v) is 36.7. The number of aryl methyl sites for hydroxylation is 4. The van der Waals surface area contributed by atoms with E-state index in [4.69, 9.17) is 33.2 Å². The second-order valence-electron chi connectivity index (χ2n) is 23.5. The van der Waals surface area contributed by atoms with E-state index in [0.717, 1.165) is 74.5 Å². The summed E-state index contributed by atoms with van der Waals surface area (Å²) in [5.41, 5.74) is 7.31. The molecule has 2 aliphatic rings. The molecule has 0 saturated carbocycles. The van der Waals surface area contributed by atoms with Gasteiger partial charge in [0.15, 0.2) is 11.6 Å². The van der Waals surface area contributed by atoms with Gasteiger partial charge in [0, 0.05) is 12.5 Å². The summed E-state index contributed by atoms with van der Waals surface area (Å²) in [7, 11) is -2.43. The van der Waals surface area contributed by atoms with E-state index in [1.807, 2.05) is 93.5 Å². The van der Waals surface area contributed by atoms with E-state index in [1.165, 1.54) is 10.0 Å². The molecule has 2 saturated heterocycles. The fraction of sp³-hybridized carbons (Fsp3) is 0.603. The van der Waals surface area contributed by atoms with Crippen LogP contribution in [0.4, 0.5) is 0 Å². The first-order valence-electron chi connectivity index (χ1n) is 25.7. The molecular weight excluding hydrogens is 1120 g/mol. The van der Waals surface area contributed by atoms with Crippen molar-refractivity contribution < 1.29 is 47.5 Å². The number of hydrogen-bond donors (Lipinski definition) is 0. The number of alkyl halides is 1. The summed E-state index contributed by atoms with van der Waals surface area (Å²) < 4.78 is 42.5. The third-order valence-electron chi connectivity index (χ3n) is 11.8. The summed E-state index contributed by atoms with van der Waals surface area (Å²) in [4.78, 5) is 37.2. The molecule has 2 aliphatic heterocycles. The predicted octanol–water partition coefficient (Wildman–Crippen LogP) is 13.4. The molecule has 5 rings (SSSR count). The van der Waals surface area contributed by atoms with E-state index in [1.54, 1.807) is 0 Å². The van der Waals surface area contributed by atoms with Crippen LogP contribution in [-0.2, 0) is 43.3 Å². The SMILES string of the molecule is CC1(C)O[C@@H](CCI)[C@@H](COC(=O)C(C)(C)C)O1.CCC1OC(C)(C)OC1C/C=C/c1cc(C)cc(C)c1C(=O)OCC[Si](C)(C)C.Cc1cc(C)c(C(=O)OCC[Si](C)(C)C)c(C[Se]c2ccccc2)c1. The van der Waals surface area contributed by atoms with Crippen molar-refractivity contribution in [2.45, 2.75) is 195 Å². The van der Waals surface area contributed by atoms with E-state index >= 15 is 0 Å². The number of rotatable bonds is 19. The molecule has 402 valence electrons. The maximum absolute atomic E-state index is 12.8. The van der Waals surface area contributed by atoms with Crippen molar-refractivity contribution in [1.29, 1.82) is 0 Å². The molecule has 0 aliphatic carbocycles. The Morgan fingerprint density at radius 2 is 1.19 bits per heavy atom. The standard InChI is InChI=1S/C24H38O4Si.C21H28O2SeSi.C13H23IO4/c1-9-20-21(28-24(4,5)27-20)12-10-11-19-16-17(2)15-18(3)22(19)23(25)26-13-14-29(6,7)8;1-16-13-17(2)20(21(22)23-11-12-25(3,4)5)18(14-16)15-24-19-9-7-6-8-10-19;1-12(2,3)11(15)16-8-10-9(6-7-14)17-13(4,5)18-10/h10-11,15-16,20-21H,9,12-14H2,1-8H3;6-10,13-14H,11-12,15H2,1-5H3;9-10H,6-8H2,1-5H3/b11-10+;;/t;;9-,10+/m..0/s1. The average Bonchev–Trinajstić information content (AvgIpc) is 3.72. The number of halogens is 1. The Bertz CT molecular complexity index is 2240. The van der Waals surface area contributed by atoms with Crippen molar-refractivity contribution in [2.24, 2.45) is 5.41 Å². The van der Waals surface area contributed by atoms with Crippen molar-refractivity contribution in [2.75, 3.05) is 24.2 Å². The molecule has 72 heavy (non-hydrogen) atoms. The Hall–Kier alpha value is -2.67. The van der Waals surface area contributed by atoms with Crippen LogP contribution >= 0.6 is 22.6 Å². The van der Waals surface area contributed by atoms with E-state index in [0.29, 0.717) is 33.7 Å². The van der Waals surface area contributed by atoms with Crippen molar-refractivity contribution >= 4 is 82.1 Å². The Labute approximate surface area is 456 Å². The molecular formula is C58H89IO10SeSi2. The number of esters is 3. The third-order valence-corrected chi connectivity index (χ3v) is 18.1. The number of carbonyl (C=O) groups excluding carboxylic acids is 3. The normalized spacial score (nSPS) is 19.5. The van der Waals surface area contributed by atoms with Gasteiger partial charge in [0.1, 0.15) is 12.7 Å². The van der Waals surface area contributed by atoms with Gasteiger partial charge in [0.2, 0.25) is 0 Å². The van der Waals surface area contributed by atoms with Gasteiger partial charge in [-0.15, -0.1) is 0 Å². The molecule has 3 aromatic carbocycles. The van der Waals surface area contributed by atoms with Crippen LogP contribution in [-0.4, -0.2) is 109 Å². The van der Waals surface area contributed by atoms with Gasteiger partial charge in [-0.05, 0) is 98.7 Å². The third kappa shape index (κ3) is 22.7. The predicted molar refractivity (Wildman–Crippen MR) is 310 cm³/mol. The van der Waals surface area contributed by atoms with Crippen LogP contribution in [0.15, 0.2) is 60.7 Å². The zero-order valence-electron chi connectivity index (χ0n) is 47.1. The van der Waals surface area contributed by atoms with Gasteiger partial charge >= 0.3 is 171 Å². The molecule has 2 heterocycles. The van der Waals surface area contributed by atoms with Crippen LogP contribution in [0, 0.1) is 33.1 Å².